The molecule has 1 unspecified atom stereocenters. The highest BCUT2D eigenvalue weighted by Crippen LogP contribution is 2.27. The van der Waals surface area contributed by atoms with Gasteiger partial charge in [0.15, 0.2) is 11.3 Å². The number of nitrogens with one attached hydrogen (secondary N) is 1. The van der Waals surface area contributed by atoms with Gasteiger partial charge in [0.2, 0.25) is 0 Å². The lowest BCUT2D eigenvalue weighted by Crippen LogP contribution is -2.51. The van der Waals surface area contributed by atoms with Crippen LogP contribution in [0.4, 0.5) is 0 Å². The summed E-state index contributed by atoms with van der Waals surface area (Å²) >= 11 is 0. The largest absolute Gasteiger partial charge is 0.479 e. The topological polar surface area (TPSA) is 79.5 Å². The van der Waals surface area contributed by atoms with Crippen LogP contribution in [0.1, 0.15) is 40.8 Å². The van der Waals surface area contributed by atoms with Crippen molar-refractivity contribution < 1.29 is 19.1 Å². The second-order valence-corrected chi connectivity index (χ2v) is 5.25. The predicted octanol–water partition coefficient (Wildman–Crippen LogP) is 3.02. The molecule has 5 nitrogen and oxygen atoms in total. The number of furan rings is 1. The van der Waals surface area contributed by atoms with Gasteiger partial charge in [0.25, 0.3) is 5.91 Å². The number of carboxylic acids is 1. The average molecular weight is 301 g/mol. The van der Waals surface area contributed by atoms with Crippen LogP contribution in [0.25, 0.3) is 0 Å². The van der Waals surface area contributed by atoms with Gasteiger partial charge in [-0.3, -0.25) is 4.79 Å². The van der Waals surface area contributed by atoms with Crippen LogP contribution in [-0.2, 0) is 10.3 Å². The molecule has 0 fully saturated rings. The molecule has 0 radical (unpaired) electrons. The van der Waals surface area contributed by atoms with E-state index in [1.807, 2.05) is 0 Å². The highest BCUT2D eigenvalue weighted by molar-refractivity contribution is 5.97. The van der Waals surface area contributed by atoms with Crippen LogP contribution in [0.2, 0.25) is 0 Å². The molecule has 5 heteroatoms. The van der Waals surface area contributed by atoms with E-state index in [0.29, 0.717) is 16.9 Å². The molecule has 2 N–H and O–H groups in total. The lowest BCUT2D eigenvalue weighted by atomic mass is 9.87. The first-order valence-corrected chi connectivity index (χ1v) is 7.09. The normalized spacial score (nSPS) is 13.4. The van der Waals surface area contributed by atoms with Crippen molar-refractivity contribution in [3.8, 4) is 0 Å². The summed E-state index contributed by atoms with van der Waals surface area (Å²) in [5.41, 5.74) is -0.274. The van der Waals surface area contributed by atoms with Crippen molar-refractivity contribution in [2.75, 3.05) is 0 Å². The zero-order valence-electron chi connectivity index (χ0n) is 12.8. The third-order valence-corrected chi connectivity index (χ3v) is 3.74. The van der Waals surface area contributed by atoms with Crippen LogP contribution in [0, 0.1) is 13.8 Å². The quantitative estimate of drug-likeness (QED) is 0.889. The third-order valence-electron chi connectivity index (χ3n) is 3.74. The number of carbonyl (C=O) groups excluding carboxylic acids is 1. The second kappa shape index (κ2) is 6.05. The summed E-state index contributed by atoms with van der Waals surface area (Å²) in [6, 6.07) is 10.4. The maximum atomic E-state index is 12.5. The molecule has 0 bridgehead atoms. The van der Waals surface area contributed by atoms with E-state index in [-0.39, 0.29) is 12.2 Å². The first kappa shape index (κ1) is 15.8. The van der Waals surface area contributed by atoms with Crippen molar-refractivity contribution in [1.82, 2.24) is 5.32 Å². The van der Waals surface area contributed by atoms with Gasteiger partial charge in [-0.15, -0.1) is 0 Å². The summed E-state index contributed by atoms with van der Waals surface area (Å²) in [7, 11) is 0. The number of aryl methyl sites for hydroxylation is 2. The van der Waals surface area contributed by atoms with Crippen molar-refractivity contribution in [3.63, 3.8) is 0 Å². The molecule has 2 aromatic rings. The molecule has 2 rings (SSSR count). The van der Waals surface area contributed by atoms with E-state index in [4.69, 9.17) is 4.42 Å². The lowest BCUT2D eigenvalue weighted by molar-refractivity contribution is -0.145. The molecule has 0 saturated carbocycles. The van der Waals surface area contributed by atoms with E-state index in [0.717, 1.165) is 0 Å². The minimum absolute atomic E-state index is 0.146. The zero-order valence-corrected chi connectivity index (χ0v) is 12.8. The predicted molar refractivity (Wildman–Crippen MR) is 81.7 cm³/mol. The molecule has 1 aromatic heterocycles. The fourth-order valence-electron chi connectivity index (χ4n) is 2.53. The molecule has 0 aliphatic heterocycles. The number of carboxylic acid groups (broad SMARTS) is 1. The van der Waals surface area contributed by atoms with Crippen molar-refractivity contribution in [2.24, 2.45) is 0 Å². The Labute approximate surface area is 129 Å². The van der Waals surface area contributed by atoms with E-state index in [2.05, 4.69) is 5.32 Å². The number of rotatable bonds is 5. The molecule has 0 aliphatic carbocycles. The minimum Gasteiger partial charge on any atom is -0.479 e. The van der Waals surface area contributed by atoms with Gasteiger partial charge in [-0.05, 0) is 31.9 Å². The van der Waals surface area contributed by atoms with Gasteiger partial charge in [-0.25, -0.2) is 4.79 Å². The molecule has 0 aliphatic rings. The average Bonchev–Trinajstić information content (AvgIpc) is 2.84. The molecular formula is C17H19NO4. The first-order chi connectivity index (χ1) is 10.4. The van der Waals surface area contributed by atoms with Crippen LogP contribution in [-0.4, -0.2) is 17.0 Å². The van der Waals surface area contributed by atoms with Crippen LogP contribution in [0.15, 0.2) is 40.8 Å². The van der Waals surface area contributed by atoms with Gasteiger partial charge in [0.05, 0.1) is 0 Å². The maximum absolute atomic E-state index is 12.5. The highest BCUT2D eigenvalue weighted by Gasteiger charge is 2.41. The van der Waals surface area contributed by atoms with E-state index in [1.165, 1.54) is 0 Å². The van der Waals surface area contributed by atoms with E-state index in [9.17, 15) is 14.7 Å². The summed E-state index contributed by atoms with van der Waals surface area (Å²) < 4.78 is 5.38. The Morgan fingerprint density at radius 1 is 1.23 bits per heavy atom. The molecule has 22 heavy (non-hydrogen) atoms. The number of aliphatic carboxylic acids is 1. The van der Waals surface area contributed by atoms with Gasteiger partial charge < -0.3 is 14.8 Å². The summed E-state index contributed by atoms with van der Waals surface area (Å²) in [6.45, 7) is 5.22. The van der Waals surface area contributed by atoms with Crippen molar-refractivity contribution in [2.45, 2.75) is 32.7 Å². The Kier molecular flexibility index (Phi) is 4.35. The Balaban J connectivity index is 2.42. The Morgan fingerprint density at radius 2 is 1.86 bits per heavy atom. The molecule has 1 atom stereocenters. The Bertz CT molecular complexity index is 690. The number of hydrogen-bond donors (Lipinski definition) is 2. The number of hydrogen-bond acceptors (Lipinski definition) is 3. The fourth-order valence-corrected chi connectivity index (χ4v) is 2.53. The lowest BCUT2D eigenvalue weighted by Gasteiger charge is -2.29. The maximum Gasteiger partial charge on any atom is 0.334 e. The highest BCUT2D eigenvalue weighted by atomic mass is 16.4. The van der Waals surface area contributed by atoms with E-state index >= 15 is 0 Å². The first-order valence-electron chi connectivity index (χ1n) is 7.09. The fraction of sp³-hybridized carbons (Fsp3) is 0.294. The van der Waals surface area contributed by atoms with Gasteiger partial charge in [0, 0.05) is 5.56 Å². The van der Waals surface area contributed by atoms with Crippen molar-refractivity contribution in [3.05, 3.63) is 59.0 Å². The van der Waals surface area contributed by atoms with E-state index < -0.39 is 17.4 Å². The van der Waals surface area contributed by atoms with Crippen molar-refractivity contribution >= 4 is 11.9 Å². The van der Waals surface area contributed by atoms with Gasteiger partial charge in [0.1, 0.15) is 5.76 Å². The van der Waals surface area contributed by atoms with Gasteiger partial charge in [-0.1, -0.05) is 37.3 Å². The van der Waals surface area contributed by atoms with Crippen molar-refractivity contribution in [1.29, 1.82) is 0 Å². The monoisotopic (exact) mass is 301 g/mol. The number of amides is 1. The summed E-state index contributed by atoms with van der Waals surface area (Å²) in [5, 5.41) is 12.3. The summed E-state index contributed by atoms with van der Waals surface area (Å²) in [5.74, 6) is -0.874. The molecule has 1 aromatic carbocycles. The third kappa shape index (κ3) is 2.74. The smallest absolute Gasteiger partial charge is 0.334 e. The van der Waals surface area contributed by atoms with Gasteiger partial charge >= 0.3 is 5.97 Å². The number of benzene rings is 1. The number of carbonyl (C=O) groups is 2. The second-order valence-electron chi connectivity index (χ2n) is 5.25. The summed E-state index contributed by atoms with van der Waals surface area (Å²) in [4.78, 5) is 24.3. The van der Waals surface area contributed by atoms with Crippen LogP contribution < -0.4 is 5.32 Å². The van der Waals surface area contributed by atoms with Crippen LogP contribution in [0.3, 0.4) is 0 Å². The van der Waals surface area contributed by atoms with Gasteiger partial charge in [-0.2, -0.15) is 0 Å². The standard InChI is InChI=1S/C17H19NO4/c1-4-17(16(20)21,13-8-6-5-7-9-13)18-15(19)14-11(2)10-12(3)22-14/h5-10H,4H2,1-3H3,(H,18,19)(H,20,21). The summed E-state index contributed by atoms with van der Waals surface area (Å²) in [6.07, 6.45) is 0.219. The van der Waals surface area contributed by atoms with E-state index in [1.54, 1.807) is 57.2 Å². The molecule has 1 amide bonds. The molecular weight excluding hydrogens is 282 g/mol. The Hall–Kier alpha value is -2.56. The molecule has 0 saturated heterocycles. The SMILES string of the molecule is CCC(NC(=O)c1oc(C)cc1C)(C(=O)O)c1ccccc1. The molecule has 0 spiro atoms. The van der Waals surface area contributed by atoms with Crippen LogP contribution >= 0.6 is 0 Å². The molecule has 1 heterocycles. The minimum atomic E-state index is -1.48. The molecule has 116 valence electrons. The van der Waals surface area contributed by atoms with Crippen LogP contribution in [0.5, 0.6) is 0 Å². The zero-order chi connectivity index (χ0) is 16.3. The Morgan fingerprint density at radius 3 is 2.32 bits per heavy atom.